The molecule has 1 saturated carbocycles. The highest BCUT2D eigenvalue weighted by molar-refractivity contribution is 7.87. The highest BCUT2D eigenvalue weighted by atomic mass is 32.2. The lowest BCUT2D eigenvalue weighted by Gasteiger charge is -2.23. The molecule has 0 atom stereocenters. The Kier molecular flexibility index (Phi) is 6.85. The zero-order chi connectivity index (χ0) is 24.3. The van der Waals surface area contributed by atoms with E-state index in [-0.39, 0.29) is 17.1 Å². The summed E-state index contributed by atoms with van der Waals surface area (Å²) in [7, 11) is -4.88. The molecule has 1 aliphatic rings. The van der Waals surface area contributed by atoms with Crippen LogP contribution in [0.15, 0.2) is 66.7 Å². The van der Waals surface area contributed by atoms with E-state index in [1.165, 1.54) is 43.0 Å². The van der Waals surface area contributed by atoms with E-state index in [1.54, 1.807) is 12.1 Å². The van der Waals surface area contributed by atoms with Crippen molar-refractivity contribution in [3.63, 3.8) is 0 Å². The van der Waals surface area contributed by atoms with Gasteiger partial charge in [-0.1, -0.05) is 31.4 Å². The van der Waals surface area contributed by atoms with Gasteiger partial charge in [0.05, 0.1) is 5.69 Å². The Morgan fingerprint density at radius 3 is 2.21 bits per heavy atom. The van der Waals surface area contributed by atoms with Crippen LogP contribution in [0.3, 0.4) is 0 Å². The fourth-order valence-electron chi connectivity index (χ4n) is 4.28. The lowest BCUT2D eigenvalue weighted by atomic mass is 9.84. The van der Waals surface area contributed by atoms with Crippen molar-refractivity contribution < 1.29 is 27.3 Å². The number of anilines is 3. The molecule has 0 spiro atoms. The van der Waals surface area contributed by atoms with Crippen molar-refractivity contribution in [2.24, 2.45) is 0 Å². The molecule has 0 saturated heterocycles. The number of phenols is 1. The Bertz CT molecular complexity index is 1270. The maximum atomic E-state index is 13.3. The third-order valence-electron chi connectivity index (χ3n) is 5.99. The van der Waals surface area contributed by atoms with Crippen LogP contribution in [0.4, 0.5) is 21.5 Å². The monoisotopic (exact) mass is 484 g/mol. The molecule has 0 aromatic heterocycles. The first-order valence-corrected chi connectivity index (χ1v) is 12.4. The number of nitrogens with zero attached hydrogens (tertiary/aromatic N) is 1. The number of hydrogen-bond donors (Lipinski definition) is 3. The Hall–Kier alpha value is -3.43. The lowest BCUT2D eigenvalue weighted by molar-refractivity contribution is 0.102. The molecular formula is C25H25FN2O5S. The number of carbonyl (C=O) groups is 1. The van der Waals surface area contributed by atoms with Gasteiger partial charge in [-0.3, -0.25) is 9.35 Å². The van der Waals surface area contributed by atoms with Gasteiger partial charge in [0, 0.05) is 11.3 Å². The summed E-state index contributed by atoms with van der Waals surface area (Å²) in [5.41, 5.74) is 1.44. The Balaban J connectivity index is 1.57. The number of phenolic OH excluding ortho intramolecular Hbond substituents is 1. The molecule has 3 aromatic rings. The molecule has 3 N–H and O–H groups in total. The number of hydrogen-bond acceptors (Lipinski definition) is 4. The summed E-state index contributed by atoms with van der Waals surface area (Å²) in [5, 5.41) is 13.0. The highest BCUT2D eigenvalue weighted by Gasteiger charge is 2.25. The van der Waals surface area contributed by atoms with Crippen LogP contribution >= 0.6 is 0 Å². The third kappa shape index (κ3) is 5.37. The molecule has 0 unspecified atom stereocenters. The largest absolute Gasteiger partial charge is 0.506 e. The molecule has 3 aromatic carbocycles. The van der Waals surface area contributed by atoms with E-state index in [9.17, 15) is 27.3 Å². The van der Waals surface area contributed by atoms with Crippen molar-refractivity contribution in [2.45, 2.75) is 38.0 Å². The number of halogens is 1. The number of benzene rings is 3. The summed E-state index contributed by atoms with van der Waals surface area (Å²) in [4.78, 5) is 12.8. The summed E-state index contributed by atoms with van der Waals surface area (Å²) in [6.07, 6.45) is 6.01. The highest BCUT2D eigenvalue weighted by Crippen LogP contribution is 2.37. The minimum atomic E-state index is -4.88. The fourth-order valence-corrected chi connectivity index (χ4v) is 5.07. The van der Waals surface area contributed by atoms with Crippen LogP contribution in [0.2, 0.25) is 0 Å². The van der Waals surface area contributed by atoms with E-state index in [0.717, 1.165) is 37.1 Å². The van der Waals surface area contributed by atoms with Crippen LogP contribution in [0.5, 0.6) is 5.75 Å². The van der Waals surface area contributed by atoms with Crippen LogP contribution < -0.4 is 9.62 Å². The average molecular weight is 485 g/mol. The van der Waals surface area contributed by atoms with Gasteiger partial charge in [-0.25, -0.2) is 8.70 Å². The topological polar surface area (TPSA) is 107 Å². The van der Waals surface area contributed by atoms with Gasteiger partial charge in [-0.05, 0) is 78.9 Å². The van der Waals surface area contributed by atoms with Crippen LogP contribution in [0, 0.1) is 5.82 Å². The number of aromatic hydroxyl groups is 1. The average Bonchev–Trinajstić information content (AvgIpc) is 2.82. The molecule has 0 aliphatic heterocycles. The van der Waals surface area contributed by atoms with Crippen molar-refractivity contribution in [3.8, 4) is 5.75 Å². The maximum Gasteiger partial charge on any atom is 0.364 e. The van der Waals surface area contributed by atoms with Gasteiger partial charge in [-0.2, -0.15) is 8.42 Å². The third-order valence-corrected chi connectivity index (χ3v) is 6.86. The maximum absolute atomic E-state index is 13.3. The predicted molar refractivity (Wildman–Crippen MR) is 128 cm³/mol. The van der Waals surface area contributed by atoms with E-state index >= 15 is 0 Å². The minimum absolute atomic E-state index is 0.0963. The molecule has 1 fully saturated rings. The number of nitrogens with one attached hydrogen (secondary N) is 1. The van der Waals surface area contributed by atoms with Crippen LogP contribution in [-0.2, 0) is 10.3 Å². The van der Waals surface area contributed by atoms with Gasteiger partial charge in [0.1, 0.15) is 17.3 Å². The van der Waals surface area contributed by atoms with Gasteiger partial charge in [0.15, 0.2) is 0 Å². The van der Waals surface area contributed by atoms with Crippen LogP contribution in [0.1, 0.15) is 53.9 Å². The van der Waals surface area contributed by atoms with Crippen molar-refractivity contribution in [2.75, 3.05) is 9.62 Å². The zero-order valence-corrected chi connectivity index (χ0v) is 19.1. The molecule has 0 radical (unpaired) electrons. The van der Waals surface area contributed by atoms with Crippen LogP contribution in [0.25, 0.3) is 0 Å². The predicted octanol–water partition coefficient (Wildman–Crippen LogP) is 5.77. The molecule has 4 rings (SSSR count). The van der Waals surface area contributed by atoms with Crippen LogP contribution in [-0.4, -0.2) is 24.0 Å². The summed E-state index contributed by atoms with van der Waals surface area (Å²) in [6, 6.07) is 15.6. The van der Waals surface area contributed by atoms with Gasteiger partial charge in [0.25, 0.3) is 5.91 Å². The summed E-state index contributed by atoms with van der Waals surface area (Å²) >= 11 is 0. The molecule has 1 amide bonds. The second-order valence-electron chi connectivity index (χ2n) is 8.33. The number of carbonyl (C=O) groups excluding carboxylic acids is 1. The van der Waals surface area contributed by atoms with E-state index in [0.29, 0.717) is 15.8 Å². The van der Waals surface area contributed by atoms with Crippen molar-refractivity contribution in [1.82, 2.24) is 0 Å². The fraction of sp³-hybridized carbons (Fsp3) is 0.240. The van der Waals surface area contributed by atoms with Gasteiger partial charge in [-0.15, -0.1) is 0 Å². The lowest BCUT2D eigenvalue weighted by Crippen LogP contribution is -2.25. The van der Waals surface area contributed by atoms with E-state index < -0.39 is 27.8 Å². The summed E-state index contributed by atoms with van der Waals surface area (Å²) in [6.45, 7) is 0. The molecule has 178 valence electrons. The first-order chi connectivity index (χ1) is 16.2. The zero-order valence-electron chi connectivity index (χ0n) is 18.3. The molecule has 9 heteroatoms. The smallest absolute Gasteiger partial charge is 0.364 e. The standard InChI is InChI=1S/C25H25FN2O5S/c26-20-10-13-22(14-11-20)28(34(31,32)33)23-16-21(12-15-24(23)29)27-25(30)19-8-6-18(7-9-19)17-4-2-1-3-5-17/h6-17,29H,1-5H2,(H,27,30)(H,31,32,33). The first kappa shape index (κ1) is 23.7. The van der Waals surface area contributed by atoms with E-state index in [1.807, 2.05) is 12.1 Å². The minimum Gasteiger partial charge on any atom is -0.506 e. The Morgan fingerprint density at radius 1 is 0.941 bits per heavy atom. The van der Waals surface area contributed by atoms with Gasteiger partial charge >= 0.3 is 10.3 Å². The quantitative estimate of drug-likeness (QED) is 0.304. The van der Waals surface area contributed by atoms with E-state index in [4.69, 9.17) is 0 Å². The number of amides is 1. The Labute approximate surface area is 197 Å². The van der Waals surface area contributed by atoms with Crippen molar-refractivity contribution >= 4 is 33.3 Å². The van der Waals surface area contributed by atoms with Crippen molar-refractivity contribution in [3.05, 3.63) is 83.7 Å². The van der Waals surface area contributed by atoms with Crippen molar-refractivity contribution in [1.29, 1.82) is 0 Å². The second-order valence-corrected chi connectivity index (χ2v) is 9.59. The normalized spacial score (nSPS) is 14.5. The van der Waals surface area contributed by atoms with Gasteiger partial charge < -0.3 is 10.4 Å². The Morgan fingerprint density at radius 2 is 1.59 bits per heavy atom. The SMILES string of the molecule is O=C(Nc1ccc(O)c(N(c2ccc(F)cc2)S(=O)(=O)O)c1)c1ccc(C2CCCCC2)cc1. The first-order valence-electron chi connectivity index (χ1n) is 11.0. The molecule has 7 nitrogen and oxygen atoms in total. The molecule has 0 bridgehead atoms. The number of rotatable bonds is 6. The second kappa shape index (κ2) is 9.82. The molecular weight excluding hydrogens is 459 g/mol. The summed E-state index contributed by atoms with van der Waals surface area (Å²) in [5.74, 6) is -0.953. The molecule has 1 aliphatic carbocycles. The van der Waals surface area contributed by atoms with Gasteiger partial charge in [0.2, 0.25) is 0 Å². The molecule has 34 heavy (non-hydrogen) atoms. The van der Waals surface area contributed by atoms with E-state index in [2.05, 4.69) is 5.32 Å². The summed E-state index contributed by atoms with van der Waals surface area (Å²) < 4.78 is 47.7. The molecule has 0 heterocycles.